The lowest BCUT2D eigenvalue weighted by molar-refractivity contribution is -0.0813. The van der Waals surface area contributed by atoms with E-state index in [2.05, 4.69) is 18.7 Å². The molecule has 94 valence electrons. The van der Waals surface area contributed by atoms with Crippen molar-refractivity contribution in [2.75, 3.05) is 13.1 Å². The zero-order valence-corrected chi connectivity index (χ0v) is 10.9. The molecule has 1 N–H and O–H groups in total. The van der Waals surface area contributed by atoms with E-state index in [1.807, 2.05) is 0 Å². The highest BCUT2D eigenvalue weighted by Gasteiger charge is 2.40. The smallest absolute Gasteiger partial charge is 0.0700 e. The van der Waals surface area contributed by atoms with Crippen molar-refractivity contribution in [1.29, 1.82) is 0 Å². The molecule has 2 fully saturated rings. The van der Waals surface area contributed by atoms with E-state index in [4.69, 9.17) is 0 Å². The van der Waals surface area contributed by atoms with Crippen LogP contribution in [-0.2, 0) is 0 Å². The van der Waals surface area contributed by atoms with Gasteiger partial charge < -0.3 is 10.0 Å². The molecule has 2 aliphatic rings. The Morgan fingerprint density at radius 1 is 1.06 bits per heavy atom. The lowest BCUT2D eigenvalue weighted by Crippen LogP contribution is -2.50. The lowest BCUT2D eigenvalue weighted by Gasteiger charge is -2.45. The molecule has 0 aromatic heterocycles. The molecule has 0 aromatic carbocycles. The quantitative estimate of drug-likeness (QED) is 0.781. The van der Waals surface area contributed by atoms with Crippen LogP contribution in [0.5, 0.6) is 0 Å². The Hall–Kier alpha value is -0.0800. The maximum absolute atomic E-state index is 10.8. The number of hydrogen-bond donors (Lipinski definition) is 1. The van der Waals surface area contributed by atoms with Gasteiger partial charge >= 0.3 is 0 Å². The van der Waals surface area contributed by atoms with E-state index in [-0.39, 0.29) is 5.60 Å². The molecule has 1 aliphatic carbocycles. The number of rotatable bonds is 2. The second-order valence-corrected chi connectivity index (χ2v) is 6.07. The summed E-state index contributed by atoms with van der Waals surface area (Å²) in [5.41, 5.74) is -0.328. The van der Waals surface area contributed by atoms with Crippen molar-refractivity contribution in [2.24, 2.45) is 5.92 Å². The van der Waals surface area contributed by atoms with Gasteiger partial charge in [0.2, 0.25) is 0 Å². The maximum atomic E-state index is 10.8. The molecular formula is C14H27NO. The van der Waals surface area contributed by atoms with Crippen molar-refractivity contribution in [3.63, 3.8) is 0 Å². The van der Waals surface area contributed by atoms with Crippen molar-refractivity contribution in [3.8, 4) is 0 Å². The molecule has 0 unspecified atom stereocenters. The predicted octanol–water partition coefficient (Wildman–Crippen LogP) is 2.80. The first kappa shape index (κ1) is 12.4. The van der Waals surface area contributed by atoms with Crippen LogP contribution in [0.1, 0.15) is 58.8 Å². The Bertz CT molecular complexity index is 213. The second kappa shape index (κ2) is 5.05. The average Bonchev–Trinajstić information content (AvgIpc) is 2.31. The summed E-state index contributed by atoms with van der Waals surface area (Å²) in [6.07, 6.45) is 8.56. The van der Waals surface area contributed by atoms with Crippen molar-refractivity contribution in [2.45, 2.75) is 70.4 Å². The fourth-order valence-corrected chi connectivity index (χ4v) is 3.48. The first-order valence-corrected chi connectivity index (χ1v) is 7.08. The molecular weight excluding hydrogens is 198 g/mol. The van der Waals surface area contributed by atoms with Crippen molar-refractivity contribution in [1.82, 2.24) is 4.90 Å². The molecule has 0 aromatic rings. The summed E-state index contributed by atoms with van der Waals surface area (Å²) in [6, 6.07) is 0.635. The normalized spacial score (nSPS) is 28.5. The second-order valence-electron chi connectivity index (χ2n) is 6.07. The van der Waals surface area contributed by atoms with E-state index in [0.717, 1.165) is 25.9 Å². The Kier molecular flexibility index (Phi) is 3.91. The van der Waals surface area contributed by atoms with Gasteiger partial charge in [0, 0.05) is 19.1 Å². The lowest BCUT2D eigenvalue weighted by atomic mass is 9.72. The van der Waals surface area contributed by atoms with Gasteiger partial charge in [0.15, 0.2) is 0 Å². The maximum Gasteiger partial charge on any atom is 0.0700 e. The largest absolute Gasteiger partial charge is 0.390 e. The molecule has 0 atom stereocenters. The summed E-state index contributed by atoms with van der Waals surface area (Å²) in [4.78, 5) is 2.50. The van der Waals surface area contributed by atoms with Crippen LogP contribution >= 0.6 is 0 Å². The third-order valence-corrected chi connectivity index (χ3v) is 4.76. The zero-order chi connectivity index (χ0) is 11.6. The third-order valence-electron chi connectivity index (χ3n) is 4.76. The van der Waals surface area contributed by atoms with Gasteiger partial charge in [-0.15, -0.1) is 0 Å². The molecule has 1 heterocycles. The highest BCUT2D eigenvalue weighted by atomic mass is 16.3. The van der Waals surface area contributed by atoms with Crippen LogP contribution < -0.4 is 0 Å². The third kappa shape index (κ3) is 2.60. The number of piperidine rings is 1. The monoisotopic (exact) mass is 225 g/mol. The van der Waals surface area contributed by atoms with Gasteiger partial charge in [-0.3, -0.25) is 0 Å². The first-order valence-electron chi connectivity index (χ1n) is 7.08. The minimum Gasteiger partial charge on any atom is -0.390 e. The first-order chi connectivity index (χ1) is 7.62. The van der Waals surface area contributed by atoms with Gasteiger partial charge in [-0.2, -0.15) is 0 Å². The van der Waals surface area contributed by atoms with Crippen LogP contribution in [0.2, 0.25) is 0 Å². The van der Waals surface area contributed by atoms with Gasteiger partial charge in [0.1, 0.15) is 0 Å². The van der Waals surface area contributed by atoms with Crippen LogP contribution in [0.15, 0.2) is 0 Å². The minimum atomic E-state index is -0.328. The van der Waals surface area contributed by atoms with Gasteiger partial charge in [-0.25, -0.2) is 0 Å². The molecule has 0 radical (unpaired) electrons. The Labute approximate surface area is 100 Å². The summed E-state index contributed by atoms with van der Waals surface area (Å²) in [5.74, 6) is 0.593. The Morgan fingerprint density at radius 3 is 2.12 bits per heavy atom. The zero-order valence-electron chi connectivity index (χ0n) is 10.9. The summed E-state index contributed by atoms with van der Waals surface area (Å²) in [7, 11) is 0. The van der Waals surface area contributed by atoms with E-state index in [0.29, 0.717) is 12.0 Å². The Morgan fingerprint density at radius 2 is 1.62 bits per heavy atom. The van der Waals surface area contributed by atoms with Crippen molar-refractivity contribution < 1.29 is 5.11 Å². The highest BCUT2D eigenvalue weighted by molar-refractivity contribution is 4.93. The van der Waals surface area contributed by atoms with Gasteiger partial charge in [-0.05, 0) is 45.4 Å². The summed E-state index contributed by atoms with van der Waals surface area (Å²) >= 11 is 0. The summed E-state index contributed by atoms with van der Waals surface area (Å²) in [6.45, 7) is 6.69. The van der Waals surface area contributed by atoms with Crippen LogP contribution in [0, 0.1) is 5.92 Å². The highest BCUT2D eigenvalue weighted by Crippen LogP contribution is 2.39. The fraction of sp³-hybridized carbons (Fsp3) is 1.00. The van der Waals surface area contributed by atoms with Crippen LogP contribution in [0.3, 0.4) is 0 Å². The van der Waals surface area contributed by atoms with E-state index in [9.17, 15) is 5.11 Å². The Balaban J connectivity index is 1.89. The van der Waals surface area contributed by atoms with Gasteiger partial charge in [0.05, 0.1) is 5.60 Å². The standard InChI is InChI=1S/C14H27NO/c1-12(2)15-10-8-14(16,9-11-15)13-6-4-3-5-7-13/h12-13,16H,3-11H2,1-2H3. The van der Waals surface area contributed by atoms with E-state index in [1.165, 1.54) is 32.1 Å². The molecule has 2 rings (SSSR count). The summed E-state index contributed by atoms with van der Waals surface area (Å²) < 4.78 is 0. The molecule has 1 saturated carbocycles. The van der Waals surface area contributed by atoms with Crippen molar-refractivity contribution >= 4 is 0 Å². The van der Waals surface area contributed by atoms with Crippen molar-refractivity contribution in [3.05, 3.63) is 0 Å². The topological polar surface area (TPSA) is 23.5 Å². The SMILES string of the molecule is CC(C)N1CCC(O)(C2CCCCC2)CC1. The van der Waals surface area contributed by atoms with E-state index < -0.39 is 0 Å². The summed E-state index contributed by atoms with van der Waals surface area (Å²) in [5, 5.41) is 10.8. The molecule has 16 heavy (non-hydrogen) atoms. The molecule has 2 heteroatoms. The predicted molar refractivity (Wildman–Crippen MR) is 67.5 cm³/mol. The fourth-order valence-electron chi connectivity index (χ4n) is 3.48. The van der Waals surface area contributed by atoms with E-state index in [1.54, 1.807) is 0 Å². The van der Waals surface area contributed by atoms with E-state index >= 15 is 0 Å². The van der Waals surface area contributed by atoms with Gasteiger partial charge in [0.25, 0.3) is 0 Å². The number of hydrogen-bond acceptors (Lipinski definition) is 2. The molecule has 0 bridgehead atoms. The molecule has 0 spiro atoms. The number of nitrogens with zero attached hydrogens (tertiary/aromatic N) is 1. The van der Waals surface area contributed by atoms with Gasteiger partial charge in [-0.1, -0.05) is 19.3 Å². The molecule has 1 saturated heterocycles. The van der Waals surface area contributed by atoms with Crippen LogP contribution in [0.25, 0.3) is 0 Å². The molecule has 1 aliphatic heterocycles. The molecule has 2 nitrogen and oxygen atoms in total. The number of aliphatic hydroxyl groups is 1. The van der Waals surface area contributed by atoms with Crippen LogP contribution in [0.4, 0.5) is 0 Å². The number of likely N-dealkylation sites (tertiary alicyclic amines) is 1. The minimum absolute atomic E-state index is 0.328. The van der Waals surface area contributed by atoms with Crippen LogP contribution in [-0.4, -0.2) is 34.7 Å². The average molecular weight is 225 g/mol. The molecule has 0 amide bonds.